The molecule has 0 saturated heterocycles. The average molecular weight is 310 g/mol. The minimum absolute atomic E-state index is 0.0989. The number of carbonyl (C=O) groups excluding carboxylic acids is 1. The van der Waals surface area contributed by atoms with Crippen LogP contribution in [0.3, 0.4) is 0 Å². The fourth-order valence-electron chi connectivity index (χ4n) is 2.26. The summed E-state index contributed by atoms with van der Waals surface area (Å²) >= 11 is 0. The van der Waals surface area contributed by atoms with E-state index in [-0.39, 0.29) is 12.1 Å². The van der Waals surface area contributed by atoms with E-state index in [1.54, 1.807) is 0 Å². The normalized spacial score (nSPS) is 13.0. The van der Waals surface area contributed by atoms with Crippen molar-refractivity contribution in [2.24, 2.45) is 0 Å². The number of allylic oxidation sites excluding steroid dienone is 3. The molecule has 0 aromatic heterocycles. The number of aliphatic hydroxyl groups is 1. The van der Waals surface area contributed by atoms with E-state index in [4.69, 9.17) is 0 Å². The zero-order chi connectivity index (χ0) is 16.5. The summed E-state index contributed by atoms with van der Waals surface area (Å²) < 4.78 is 4.61. The Balaban J connectivity index is 3.30. The van der Waals surface area contributed by atoms with Gasteiger partial charge in [0.1, 0.15) is 0 Å². The van der Waals surface area contributed by atoms with E-state index >= 15 is 0 Å². The lowest BCUT2D eigenvalue weighted by Gasteiger charge is -2.03. The van der Waals surface area contributed by atoms with Gasteiger partial charge in [-0.3, -0.25) is 4.79 Å². The lowest BCUT2D eigenvalue weighted by atomic mass is 10.1. The molecule has 0 heterocycles. The summed E-state index contributed by atoms with van der Waals surface area (Å²) in [6.45, 7) is 2.09. The summed E-state index contributed by atoms with van der Waals surface area (Å²) in [5, 5.41) is 9.56. The maximum atomic E-state index is 10.9. The number of hydrogen-bond donors (Lipinski definition) is 1. The first-order valence-electron chi connectivity index (χ1n) is 8.75. The van der Waals surface area contributed by atoms with Gasteiger partial charge in [-0.25, -0.2) is 0 Å². The molecule has 3 heteroatoms. The summed E-state index contributed by atoms with van der Waals surface area (Å²) in [7, 11) is 1.44. The van der Waals surface area contributed by atoms with Gasteiger partial charge >= 0.3 is 5.97 Å². The summed E-state index contributed by atoms with van der Waals surface area (Å²) in [5.41, 5.74) is 0. The molecule has 0 bridgehead atoms. The molecule has 0 aliphatic rings. The molecule has 0 aromatic rings. The Morgan fingerprint density at radius 3 is 2.45 bits per heavy atom. The van der Waals surface area contributed by atoms with Crippen LogP contribution in [0.2, 0.25) is 0 Å². The maximum absolute atomic E-state index is 10.9. The van der Waals surface area contributed by atoms with Crippen molar-refractivity contribution in [2.45, 2.75) is 83.7 Å². The highest BCUT2D eigenvalue weighted by atomic mass is 16.5. The molecule has 0 rings (SSSR count). The van der Waals surface area contributed by atoms with Gasteiger partial charge in [0, 0.05) is 6.42 Å². The Labute approximate surface area is 136 Å². The van der Waals surface area contributed by atoms with Gasteiger partial charge in [0.15, 0.2) is 0 Å². The van der Waals surface area contributed by atoms with Crippen LogP contribution < -0.4 is 0 Å². The number of aliphatic hydroxyl groups excluding tert-OH is 1. The van der Waals surface area contributed by atoms with Crippen molar-refractivity contribution in [1.82, 2.24) is 0 Å². The number of carbonyl (C=O) groups is 1. The quantitative estimate of drug-likeness (QED) is 0.281. The lowest BCUT2D eigenvalue weighted by Crippen LogP contribution is -2.02. The van der Waals surface area contributed by atoms with Gasteiger partial charge < -0.3 is 9.84 Å². The summed E-state index contributed by atoms with van der Waals surface area (Å²) in [5.74, 6) is -0.0989. The van der Waals surface area contributed by atoms with E-state index < -0.39 is 0 Å². The molecule has 0 aliphatic heterocycles. The molecule has 0 aliphatic carbocycles. The number of methoxy groups -OCH3 is 1. The molecule has 0 spiro atoms. The number of esters is 1. The molecule has 0 fully saturated rings. The molecular formula is C19H34O3. The van der Waals surface area contributed by atoms with Gasteiger partial charge in [-0.05, 0) is 38.5 Å². The molecule has 0 saturated carbocycles. The Kier molecular flexibility index (Phi) is 15.5. The van der Waals surface area contributed by atoms with Gasteiger partial charge in [0.2, 0.25) is 0 Å². The molecular weight excluding hydrogens is 276 g/mol. The average Bonchev–Trinajstić information content (AvgIpc) is 2.51. The fourth-order valence-corrected chi connectivity index (χ4v) is 2.26. The number of unbranched alkanes of at least 4 members (excludes halogenated alkanes) is 5. The Bertz CT molecular complexity index is 308. The van der Waals surface area contributed by atoms with E-state index in [1.165, 1.54) is 26.4 Å². The van der Waals surface area contributed by atoms with Crippen LogP contribution in [0, 0.1) is 0 Å². The van der Waals surface area contributed by atoms with Gasteiger partial charge in [-0.15, -0.1) is 0 Å². The monoisotopic (exact) mass is 310 g/mol. The number of ether oxygens (including phenoxy) is 1. The second kappa shape index (κ2) is 16.3. The van der Waals surface area contributed by atoms with E-state index in [9.17, 15) is 9.90 Å². The van der Waals surface area contributed by atoms with Crippen LogP contribution >= 0.6 is 0 Å². The first-order chi connectivity index (χ1) is 10.7. The second-order valence-corrected chi connectivity index (χ2v) is 5.74. The Hall–Kier alpha value is -1.09. The van der Waals surface area contributed by atoms with Gasteiger partial charge in [-0.1, -0.05) is 56.9 Å². The van der Waals surface area contributed by atoms with Crippen LogP contribution in [0.4, 0.5) is 0 Å². The highest BCUT2D eigenvalue weighted by Crippen LogP contribution is 2.08. The predicted octanol–water partition coefficient (Wildman–Crippen LogP) is 4.94. The van der Waals surface area contributed by atoms with Crippen molar-refractivity contribution in [2.75, 3.05) is 7.11 Å². The van der Waals surface area contributed by atoms with Crippen molar-refractivity contribution >= 4 is 5.97 Å². The van der Waals surface area contributed by atoms with E-state index in [0.29, 0.717) is 6.42 Å². The van der Waals surface area contributed by atoms with Crippen molar-refractivity contribution in [3.8, 4) is 0 Å². The summed E-state index contributed by atoms with van der Waals surface area (Å²) in [4.78, 5) is 10.9. The zero-order valence-electron chi connectivity index (χ0n) is 14.4. The molecule has 0 aromatic carbocycles. The second-order valence-electron chi connectivity index (χ2n) is 5.74. The van der Waals surface area contributed by atoms with Crippen molar-refractivity contribution in [3.63, 3.8) is 0 Å². The van der Waals surface area contributed by atoms with Gasteiger partial charge in [0.25, 0.3) is 0 Å². The van der Waals surface area contributed by atoms with E-state index in [2.05, 4.69) is 36.0 Å². The summed E-state index contributed by atoms with van der Waals surface area (Å²) in [6, 6.07) is 0. The van der Waals surface area contributed by atoms with Crippen molar-refractivity contribution < 1.29 is 14.6 Å². The highest BCUT2D eigenvalue weighted by Gasteiger charge is 1.99. The third-order valence-electron chi connectivity index (χ3n) is 3.61. The molecule has 128 valence electrons. The molecule has 22 heavy (non-hydrogen) atoms. The van der Waals surface area contributed by atoms with Crippen molar-refractivity contribution in [3.05, 3.63) is 24.3 Å². The van der Waals surface area contributed by atoms with Crippen LogP contribution in [0.5, 0.6) is 0 Å². The largest absolute Gasteiger partial charge is 0.469 e. The van der Waals surface area contributed by atoms with Crippen molar-refractivity contribution in [1.29, 1.82) is 0 Å². The number of rotatable bonds is 14. The van der Waals surface area contributed by atoms with E-state index in [1.807, 2.05) is 0 Å². The molecule has 0 radical (unpaired) electrons. The van der Waals surface area contributed by atoms with Crippen LogP contribution in [-0.4, -0.2) is 24.3 Å². The predicted molar refractivity (Wildman–Crippen MR) is 92.8 cm³/mol. The third-order valence-corrected chi connectivity index (χ3v) is 3.61. The third kappa shape index (κ3) is 15.3. The van der Waals surface area contributed by atoms with Crippen LogP contribution in [0.15, 0.2) is 24.3 Å². The highest BCUT2D eigenvalue weighted by molar-refractivity contribution is 5.68. The minimum Gasteiger partial charge on any atom is -0.469 e. The standard InChI is InChI=1S/C19H34O3/c1-3-15-18(20)16-13-11-9-7-5-4-6-8-10-12-14-17-19(21)22-2/h5,7,11,13,18,20H,3-4,6,8-10,12,14-17H2,1-2H3/b7-5-,13-11-/t18-/m0/s1. The molecule has 3 nitrogen and oxygen atoms in total. The lowest BCUT2D eigenvalue weighted by molar-refractivity contribution is -0.140. The van der Waals surface area contributed by atoms with E-state index in [0.717, 1.165) is 44.9 Å². The van der Waals surface area contributed by atoms with Gasteiger partial charge in [-0.2, -0.15) is 0 Å². The van der Waals surface area contributed by atoms with Crippen LogP contribution in [-0.2, 0) is 9.53 Å². The molecule has 1 atom stereocenters. The number of hydrogen-bond acceptors (Lipinski definition) is 3. The smallest absolute Gasteiger partial charge is 0.305 e. The minimum atomic E-state index is -0.176. The first-order valence-corrected chi connectivity index (χ1v) is 8.75. The maximum Gasteiger partial charge on any atom is 0.305 e. The molecule has 1 N–H and O–H groups in total. The Morgan fingerprint density at radius 2 is 1.73 bits per heavy atom. The topological polar surface area (TPSA) is 46.5 Å². The first kappa shape index (κ1) is 20.9. The fraction of sp³-hybridized carbons (Fsp3) is 0.737. The molecule has 0 amide bonds. The molecule has 0 unspecified atom stereocenters. The van der Waals surface area contributed by atoms with Crippen LogP contribution in [0.1, 0.15) is 77.6 Å². The van der Waals surface area contributed by atoms with Gasteiger partial charge in [0.05, 0.1) is 13.2 Å². The Morgan fingerprint density at radius 1 is 1.05 bits per heavy atom. The summed E-state index contributed by atoms with van der Waals surface area (Å²) in [6.07, 6.45) is 19.5. The SMILES string of the molecule is CCC[C@H](O)C/C=C\C/C=C\CCCCCCCC(=O)OC. The zero-order valence-corrected chi connectivity index (χ0v) is 14.4. The van der Waals surface area contributed by atoms with Crippen LogP contribution in [0.25, 0.3) is 0 Å².